The van der Waals surface area contributed by atoms with Crippen LogP contribution in [-0.4, -0.2) is 42.2 Å². The smallest absolute Gasteiger partial charge is 0.242 e. The highest BCUT2D eigenvalue weighted by molar-refractivity contribution is 5.86. The number of nitrogens with zero attached hydrogens (tertiary/aromatic N) is 1. The second-order valence-corrected chi connectivity index (χ2v) is 8.69. The van der Waals surface area contributed by atoms with Gasteiger partial charge in [-0.05, 0) is 29.3 Å². The molecule has 4 unspecified atom stereocenters. The van der Waals surface area contributed by atoms with Crippen molar-refractivity contribution in [2.75, 3.05) is 20.3 Å². The summed E-state index contributed by atoms with van der Waals surface area (Å²) in [5.41, 5.74) is 9.35. The minimum Gasteiger partial charge on any atom is -0.508 e. The zero-order valence-corrected chi connectivity index (χ0v) is 19.1. The van der Waals surface area contributed by atoms with Gasteiger partial charge in [-0.25, -0.2) is 10.9 Å². The van der Waals surface area contributed by atoms with Crippen LogP contribution in [0.5, 0.6) is 11.5 Å². The van der Waals surface area contributed by atoms with Crippen molar-refractivity contribution in [2.45, 2.75) is 24.7 Å². The number of para-hydroxylation sites is 1. The van der Waals surface area contributed by atoms with Crippen LogP contribution in [0.25, 0.3) is 0 Å². The Balaban J connectivity index is 1.42. The second kappa shape index (κ2) is 9.85. The van der Waals surface area contributed by atoms with Gasteiger partial charge >= 0.3 is 0 Å². The number of nitrogens with one attached hydrogen (secondary N) is 2. The monoisotopic (exact) mass is 459 g/mol. The van der Waals surface area contributed by atoms with Gasteiger partial charge in [-0.15, -0.1) is 0 Å². The van der Waals surface area contributed by atoms with E-state index in [-0.39, 0.29) is 35.7 Å². The van der Waals surface area contributed by atoms with Crippen molar-refractivity contribution in [1.29, 1.82) is 0 Å². The van der Waals surface area contributed by atoms with Crippen LogP contribution in [0.1, 0.15) is 28.8 Å². The fourth-order valence-electron chi connectivity index (χ4n) is 5.06. The van der Waals surface area contributed by atoms with E-state index in [4.69, 9.17) is 9.47 Å². The molecule has 2 fully saturated rings. The van der Waals surface area contributed by atoms with Crippen molar-refractivity contribution in [3.05, 3.63) is 95.6 Å². The molecule has 0 aliphatic carbocycles. The molecule has 4 atom stereocenters. The first-order valence-electron chi connectivity index (χ1n) is 11.5. The number of fused-ring (bicyclic) bond motifs is 1. The number of rotatable bonds is 8. The maximum Gasteiger partial charge on any atom is 0.242 e. The summed E-state index contributed by atoms with van der Waals surface area (Å²) in [4.78, 5) is 15.2. The van der Waals surface area contributed by atoms with Crippen LogP contribution in [0.15, 0.2) is 78.9 Å². The number of hydrogen-bond acceptors (Lipinski definition) is 6. The second-order valence-electron chi connectivity index (χ2n) is 8.69. The molecule has 7 nitrogen and oxygen atoms in total. The molecule has 2 aliphatic rings. The minimum absolute atomic E-state index is 0.0295. The average molecular weight is 460 g/mol. The van der Waals surface area contributed by atoms with E-state index >= 15 is 0 Å². The first-order valence-corrected chi connectivity index (χ1v) is 11.5. The number of carbonyl (C=O) groups is 1. The van der Waals surface area contributed by atoms with Crippen molar-refractivity contribution >= 4 is 5.91 Å². The van der Waals surface area contributed by atoms with Crippen LogP contribution in [0.4, 0.5) is 0 Å². The number of benzene rings is 3. The van der Waals surface area contributed by atoms with Gasteiger partial charge < -0.3 is 19.5 Å². The molecule has 2 saturated heterocycles. The molecule has 3 aromatic carbocycles. The fraction of sp³-hybridized carbons (Fsp3) is 0.296. The largest absolute Gasteiger partial charge is 0.508 e. The molecule has 2 heterocycles. The lowest BCUT2D eigenvalue weighted by Crippen LogP contribution is -2.42. The molecule has 3 N–H and O–H groups in total. The van der Waals surface area contributed by atoms with Gasteiger partial charge in [-0.3, -0.25) is 4.79 Å². The number of likely N-dealkylation sites (tertiary alicyclic amines) is 1. The van der Waals surface area contributed by atoms with Gasteiger partial charge in [0.05, 0.1) is 18.7 Å². The zero-order chi connectivity index (χ0) is 23.5. The van der Waals surface area contributed by atoms with E-state index in [0.717, 1.165) is 22.4 Å². The van der Waals surface area contributed by atoms with E-state index in [2.05, 4.69) is 10.9 Å². The van der Waals surface area contributed by atoms with Crippen molar-refractivity contribution < 1.29 is 19.4 Å². The number of hydrazine groups is 1. The molecule has 34 heavy (non-hydrogen) atoms. The predicted molar refractivity (Wildman–Crippen MR) is 128 cm³/mol. The quantitative estimate of drug-likeness (QED) is 0.479. The fourth-order valence-corrected chi connectivity index (χ4v) is 5.06. The molecular formula is C27H29N3O4. The Morgan fingerprint density at radius 3 is 2.35 bits per heavy atom. The van der Waals surface area contributed by atoms with Crippen molar-refractivity contribution in [2.24, 2.45) is 5.92 Å². The van der Waals surface area contributed by atoms with Gasteiger partial charge in [-0.1, -0.05) is 60.7 Å². The average Bonchev–Trinajstić information content (AvgIpc) is 3.41. The molecular weight excluding hydrogens is 430 g/mol. The Bertz CT molecular complexity index is 1120. The topological polar surface area (TPSA) is 83.1 Å². The van der Waals surface area contributed by atoms with Gasteiger partial charge in [0.2, 0.25) is 5.91 Å². The molecule has 1 amide bonds. The Hall–Kier alpha value is -3.39. The van der Waals surface area contributed by atoms with Crippen LogP contribution in [-0.2, 0) is 16.1 Å². The first-order chi connectivity index (χ1) is 16.7. The third-order valence-corrected chi connectivity index (χ3v) is 6.69. The maximum atomic E-state index is 13.3. The number of phenolic OH excluding ortho intramolecular Hbond substituents is 1. The molecule has 0 spiro atoms. The van der Waals surface area contributed by atoms with Gasteiger partial charge in [0.15, 0.2) is 0 Å². The molecule has 0 saturated carbocycles. The predicted octanol–water partition coefficient (Wildman–Crippen LogP) is 3.33. The number of amides is 1. The standard InChI is InChI=1S/C27H29N3O4/c1-33-16-15-30-26(19-11-13-20(14-12-19)34-17-18-7-3-2-4-8-18)23-24(28-29-25(23)27(30)32)21-9-5-6-10-22(21)31/h2-14,23-26,28-29,31H,15-17H2,1H3. The van der Waals surface area contributed by atoms with Crippen LogP contribution in [0.3, 0.4) is 0 Å². The summed E-state index contributed by atoms with van der Waals surface area (Å²) < 4.78 is 11.2. The summed E-state index contributed by atoms with van der Waals surface area (Å²) in [6.45, 7) is 1.44. The maximum absolute atomic E-state index is 13.3. The highest BCUT2D eigenvalue weighted by atomic mass is 16.5. The van der Waals surface area contributed by atoms with Gasteiger partial charge in [0.1, 0.15) is 24.1 Å². The number of ether oxygens (including phenoxy) is 2. The summed E-state index contributed by atoms with van der Waals surface area (Å²) in [7, 11) is 1.64. The molecule has 2 aliphatic heterocycles. The molecule has 0 radical (unpaired) electrons. The first kappa shape index (κ1) is 22.4. The van der Waals surface area contributed by atoms with Gasteiger partial charge in [0.25, 0.3) is 0 Å². The van der Waals surface area contributed by atoms with Gasteiger partial charge in [-0.2, -0.15) is 0 Å². The molecule has 0 bridgehead atoms. The Morgan fingerprint density at radius 2 is 1.62 bits per heavy atom. The number of methoxy groups -OCH3 is 1. The minimum atomic E-state index is -0.388. The lowest BCUT2D eigenvalue weighted by atomic mass is 9.83. The van der Waals surface area contributed by atoms with Crippen molar-refractivity contribution in [3.63, 3.8) is 0 Å². The Kier molecular flexibility index (Phi) is 6.49. The third-order valence-electron chi connectivity index (χ3n) is 6.69. The number of carbonyl (C=O) groups excluding carboxylic acids is 1. The summed E-state index contributed by atoms with van der Waals surface area (Å²) in [6, 6.07) is 24.5. The highest BCUT2D eigenvalue weighted by Gasteiger charge is 2.55. The van der Waals surface area contributed by atoms with Crippen molar-refractivity contribution in [1.82, 2.24) is 15.8 Å². The van der Waals surface area contributed by atoms with E-state index < -0.39 is 0 Å². The van der Waals surface area contributed by atoms with Crippen LogP contribution in [0, 0.1) is 5.92 Å². The summed E-state index contributed by atoms with van der Waals surface area (Å²) >= 11 is 0. The summed E-state index contributed by atoms with van der Waals surface area (Å²) in [5, 5.41) is 10.5. The van der Waals surface area contributed by atoms with Crippen LogP contribution >= 0.6 is 0 Å². The van der Waals surface area contributed by atoms with E-state index in [1.54, 1.807) is 19.2 Å². The van der Waals surface area contributed by atoms with Crippen LogP contribution in [0.2, 0.25) is 0 Å². The van der Waals surface area contributed by atoms with E-state index in [0.29, 0.717) is 19.8 Å². The molecule has 7 heteroatoms. The van der Waals surface area contributed by atoms with E-state index in [1.165, 1.54) is 0 Å². The lowest BCUT2D eigenvalue weighted by molar-refractivity contribution is -0.131. The summed E-state index contributed by atoms with van der Waals surface area (Å²) in [5.74, 6) is 0.918. The number of aromatic hydroxyl groups is 1. The SMILES string of the molecule is COCCN1C(=O)C2NNC(c3ccccc3O)C2C1c1ccc(OCc2ccccc2)cc1. The zero-order valence-electron chi connectivity index (χ0n) is 19.1. The molecule has 176 valence electrons. The number of hydrogen-bond donors (Lipinski definition) is 3. The third kappa shape index (κ3) is 4.25. The van der Waals surface area contributed by atoms with Crippen LogP contribution < -0.4 is 15.6 Å². The molecule has 0 aromatic heterocycles. The number of phenols is 1. The molecule has 5 rings (SSSR count). The summed E-state index contributed by atoms with van der Waals surface area (Å²) in [6.07, 6.45) is 0. The van der Waals surface area contributed by atoms with Gasteiger partial charge in [0, 0.05) is 25.1 Å². The molecule has 3 aromatic rings. The highest BCUT2D eigenvalue weighted by Crippen LogP contribution is 2.48. The van der Waals surface area contributed by atoms with E-state index in [1.807, 2.05) is 71.6 Å². The van der Waals surface area contributed by atoms with E-state index in [9.17, 15) is 9.90 Å². The normalized spacial score (nSPS) is 23.8. The Labute approximate surface area is 199 Å². The van der Waals surface area contributed by atoms with Crippen molar-refractivity contribution in [3.8, 4) is 11.5 Å². The Morgan fingerprint density at radius 1 is 0.912 bits per heavy atom. The lowest BCUT2D eigenvalue weighted by Gasteiger charge is -2.31.